The van der Waals surface area contributed by atoms with Gasteiger partial charge in [0, 0.05) is 19.2 Å². The van der Waals surface area contributed by atoms with E-state index in [1.165, 1.54) is 38.9 Å². The Morgan fingerprint density at radius 1 is 1.20 bits per heavy atom. The Labute approximate surface area is 93.9 Å². The second-order valence-electron chi connectivity index (χ2n) is 4.65. The summed E-state index contributed by atoms with van der Waals surface area (Å²) in [4.78, 5) is 2.55. The Balaban J connectivity index is 1.91. The summed E-state index contributed by atoms with van der Waals surface area (Å²) in [5.41, 5.74) is 0. The topological polar surface area (TPSA) is 35.5 Å². The first-order valence-corrected chi connectivity index (χ1v) is 6.39. The number of aliphatic hydroxyl groups excluding tert-OH is 1. The van der Waals surface area contributed by atoms with E-state index in [9.17, 15) is 0 Å². The van der Waals surface area contributed by atoms with Gasteiger partial charge in [-0.15, -0.1) is 0 Å². The van der Waals surface area contributed by atoms with E-state index in [1.807, 2.05) is 0 Å². The summed E-state index contributed by atoms with van der Waals surface area (Å²) in [6.45, 7) is 7.47. The summed E-state index contributed by atoms with van der Waals surface area (Å²) in [6, 6.07) is 0.609. The number of aliphatic hydroxyl groups is 1. The van der Waals surface area contributed by atoms with Crippen molar-refractivity contribution < 1.29 is 5.11 Å². The molecule has 1 atom stereocenters. The molecule has 0 aliphatic carbocycles. The van der Waals surface area contributed by atoms with Gasteiger partial charge in [-0.1, -0.05) is 0 Å². The quantitative estimate of drug-likeness (QED) is 0.596. The van der Waals surface area contributed by atoms with Crippen molar-refractivity contribution in [2.24, 2.45) is 0 Å². The van der Waals surface area contributed by atoms with Crippen molar-refractivity contribution in [1.29, 1.82) is 0 Å². The highest BCUT2D eigenvalue weighted by molar-refractivity contribution is 4.72. The van der Waals surface area contributed by atoms with Crippen LogP contribution in [0.2, 0.25) is 0 Å². The fourth-order valence-electron chi connectivity index (χ4n) is 2.18. The van der Waals surface area contributed by atoms with Crippen LogP contribution in [0.4, 0.5) is 0 Å². The van der Waals surface area contributed by atoms with Crippen molar-refractivity contribution in [2.75, 3.05) is 32.8 Å². The normalized spacial score (nSPS) is 19.6. The monoisotopic (exact) mass is 214 g/mol. The van der Waals surface area contributed by atoms with E-state index in [0.29, 0.717) is 12.6 Å². The number of likely N-dealkylation sites (tertiary alicyclic amines) is 1. The van der Waals surface area contributed by atoms with Crippen LogP contribution in [0, 0.1) is 0 Å². The van der Waals surface area contributed by atoms with Gasteiger partial charge in [0.2, 0.25) is 0 Å². The molecule has 0 bridgehead atoms. The van der Waals surface area contributed by atoms with Gasteiger partial charge in [0.25, 0.3) is 0 Å². The molecule has 0 spiro atoms. The van der Waals surface area contributed by atoms with Gasteiger partial charge in [-0.05, 0) is 58.7 Å². The molecular weight excluding hydrogens is 188 g/mol. The fourth-order valence-corrected chi connectivity index (χ4v) is 2.18. The van der Waals surface area contributed by atoms with E-state index in [0.717, 1.165) is 19.4 Å². The molecule has 1 fully saturated rings. The largest absolute Gasteiger partial charge is 0.396 e. The molecule has 0 saturated carbocycles. The zero-order chi connectivity index (χ0) is 10.9. The molecule has 1 saturated heterocycles. The summed E-state index contributed by atoms with van der Waals surface area (Å²) in [5, 5.41) is 12.2. The third-order valence-corrected chi connectivity index (χ3v) is 3.06. The van der Waals surface area contributed by atoms with E-state index < -0.39 is 0 Å². The maximum absolute atomic E-state index is 8.64. The first kappa shape index (κ1) is 12.9. The minimum absolute atomic E-state index is 0.337. The molecule has 0 amide bonds. The molecule has 0 aromatic heterocycles. The molecular formula is C12H26N2O. The van der Waals surface area contributed by atoms with Crippen LogP contribution >= 0.6 is 0 Å². The molecule has 1 unspecified atom stereocenters. The molecule has 90 valence electrons. The van der Waals surface area contributed by atoms with Crippen LogP contribution in [0.15, 0.2) is 0 Å². The molecule has 3 nitrogen and oxygen atoms in total. The minimum atomic E-state index is 0.337. The molecule has 0 radical (unpaired) electrons. The summed E-state index contributed by atoms with van der Waals surface area (Å²) >= 11 is 0. The van der Waals surface area contributed by atoms with Gasteiger partial charge in [0.05, 0.1) is 0 Å². The number of rotatable bonds is 8. The molecule has 3 heteroatoms. The Morgan fingerprint density at radius 3 is 2.60 bits per heavy atom. The molecule has 0 aromatic rings. The van der Waals surface area contributed by atoms with E-state index in [-0.39, 0.29) is 0 Å². The van der Waals surface area contributed by atoms with Crippen molar-refractivity contribution in [3.8, 4) is 0 Å². The predicted octanol–water partition coefficient (Wildman–Crippen LogP) is 1.22. The minimum Gasteiger partial charge on any atom is -0.396 e. The summed E-state index contributed by atoms with van der Waals surface area (Å²) in [5.74, 6) is 0. The number of hydrogen-bond acceptors (Lipinski definition) is 3. The Kier molecular flexibility index (Phi) is 6.98. The van der Waals surface area contributed by atoms with E-state index in [2.05, 4.69) is 17.1 Å². The van der Waals surface area contributed by atoms with E-state index in [4.69, 9.17) is 5.11 Å². The Hall–Kier alpha value is -0.120. The maximum atomic E-state index is 8.64. The smallest absolute Gasteiger partial charge is 0.0431 e. The van der Waals surface area contributed by atoms with Crippen LogP contribution < -0.4 is 5.32 Å². The van der Waals surface area contributed by atoms with Gasteiger partial charge in [-0.2, -0.15) is 0 Å². The second kappa shape index (κ2) is 8.08. The van der Waals surface area contributed by atoms with Crippen molar-refractivity contribution >= 4 is 0 Å². The zero-order valence-corrected chi connectivity index (χ0v) is 10.0. The number of unbranched alkanes of at least 4 members (excludes halogenated alkanes) is 2. The number of nitrogens with zero attached hydrogens (tertiary/aromatic N) is 1. The third kappa shape index (κ3) is 6.13. The number of hydrogen-bond donors (Lipinski definition) is 2. The Bertz CT molecular complexity index is 147. The highest BCUT2D eigenvalue weighted by Gasteiger charge is 2.13. The molecule has 1 heterocycles. The lowest BCUT2D eigenvalue weighted by molar-refractivity contribution is 0.279. The zero-order valence-electron chi connectivity index (χ0n) is 10.0. The van der Waals surface area contributed by atoms with Crippen LogP contribution in [0.3, 0.4) is 0 Å². The van der Waals surface area contributed by atoms with Gasteiger partial charge in [-0.3, -0.25) is 0 Å². The predicted molar refractivity (Wildman–Crippen MR) is 64.1 cm³/mol. The van der Waals surface area contributed by atoms with Gasteiger partial charge >= 0.3 is 0 Å². The average molecular weight is 214 g/mol. The molecule has 1 aliphatic rings. The molecule has 0 aromatic carbocycles. The van der Waals surface area contributed by atoms with E-state index >= 15 is 0 Å². The Morgan fingerprint density at radius 2 is 1.93 bits per heavy atom. The first-order valence-electron chi connectivity index (χ1n) is 6.39. The standard InChI is InChI=1S/C12H26N2O/c1-12(11-14-8-4-5-9-14)13-7-3-2-6-10-15/h12-13,15H,2-11H2,1H3. The van der Waals surface area contributed by atoms with Crippen molar-refractivity contribution in [2.45, 2.75) is 45.1 Å². The van der Waals surface area contributed by atoms with Crippen LogP contribution in [-0.2, 0) is 0 Å². The van der Waals surface area contributed by atoms with Crippen LogP contribution in [0.25, 0.3) is 0 Å². The van der Waals surface area contributed by atoms with Crippen molar-refractivity contribution in [1.82, 2.24) is 10.2 Å². The fraction of sp³-hybridized carbons (Fsp3) is 1.00. The average Bonchev–Trinajstić information content (AvgIpc) is 2.70. The van der Waals surface area contributed by atoms with E-state index in [1.54, 1.807) is 0 Å². The highest BCUT2D eigenvalue weighted by Crippen LogP contribution is 2.07. The molecule has 1 aliphatic heterocycles. The van der Waals surface area contributed by atoms with Crippen LogP contribution in [0.1, 0.15) is 39.0 Å². The first-order chi connectivity index (χ1) is 7.33. The summed E-state index contributed by atoms with van der Waals surface area (Å²) in [7, 11) is 0. The van der Waals surface area contributed by atoms with Gasteiger partial charge in [0.15, 0.2) is 0 Å². The lowest BCUT2D eigenvalue weighted by Crippen LogP contribution is -2.38. The van der Waals surface area contributed by atoms with Crippen LogP contribution in [-0.4, -0.2) is 48.8 Å². The number of nitrogens with one attached hydrogen (secondary N) is 1. The summed E-state index contributed by atoms with van der Waals surface area (Å²) in [6.07, 6.45) is 6.03. The second-order valence-corrected chi connectivity index (χ2v) is 4.65. The third-order valence-electron chi connectivity index (χ3n) is 3.06. The SMILES string of the molecule is CC(CN1CCCC1)NCCCCCO. The van der Waals surface area contributed by atoms with Gasteiger partial charge in [-0.25, -0.2) is 0 Å². The molecule has 2 N–H and O–H groups in total. The van der Waals surface area contributed by atoms with Gasteiger partial charge in [0.1, 0.15) is 0 Å². The highest BCUT2D eigenvalue weighted by atomic mass is 16.2. The lowest BCUT2D eigenvalue weighted by atomic mass is 10.2. The summed E-state index contributed by atoms with van der Waals surface area (Å²) < 4.78 is 0. The molecule has 1 rings (SSSR count). The maximum Gasteiger partial charge on any atom is 0.0431 e. The van der Waals surface area contributed by atoms with Crippen LogP contribution in [0.5, 0.6) is 0 Å². The molecule has 15 heavy (non-hydrogen) atoms. The van der Waals surface area contributed by atoms with Gasteiger partial charge < -0.3 is 15.3 Å². The van der Waals surface area contributed by atoms with Crippen molar-refractivity contribution in [3.63, 3.8) is 0 Å². The lowest BCUT2D eigenvalue weighted by Gasteiger charge is -2.21. The van der Waals surface area contributed by atoms with Crippen molar-refractivity contribution in [3.05, 3.63) is 0 Å².